The molecule has 0 bridgehead atoms. The van der Waals surface area contributed by atoms with Crippen LogP contribution in [-0.4, -0.2) is 23.4 Å². The van der Waals surface area contributed by atoms with Gasteiger partial charge in [0, 0.05) is 11.3 Å². The minimum Gasteiger partial charge on any atom is -0.507 e. The van der Waals surface area contributed by atoms with Crippen LogP contribution < -0.4 is 9.64 Å². The number of aliphatic hydroxyl groups is 1. The second kappa shape index (κ2) is 7.91. The van der Waals surface area contributed by atoms with Crippen LogP contribution in [0.2, 0.25) is 0 Å². The molecule has 2 aromatic carbocycles. The maximum Gasteiger partial charge on any atom is 0.300 e. The molecular weight excluding hydrogens is 382 g/mol. The molecule has 6 nitrogen and oxygen atoms in total. The SMILES string of the molecule is CCOc1ccc(N2C(=O)C(=O)/C(=C(\O)c3ccccc3)C2c2ccc(C)o2)cc1. The van der Waals surface area contributed by atoms with Crippen LogP contribution in [0.25, 0.3) is 5.76 Å². The van der Waals surface area contributed by atoms with Gasteiger partial charge in [0.2, 0.25) is 0 Å². The third kappa shape index (κ3) is 3.37. The molecule has 1 saturated heterocycles. The second-order valence-corrected chi connectivity index (χ2v) is 6.91. The molecule has 1 aromatic heterocycles. The number of aliphatic hydroxyl groups excluding tert-OH is 1. The van der Waals surface area contributed by atoms with Crippen LogP contribution in [0.4, 0.5) is 5.69 Å². The number of hydrogen-bond donors (Lipinski definition) is 1. The minimum absolute atomic E-state index is 0.00515. The highest BCUT2D eigenvalue weighted by Gasteiger charge is 2.48. The zero-order valence-electron chi connectivity index (χ0n) is 16.7. The van der Waals surface area contributed by atoms with Crippen LogP contribution in [0.5, 0.6) is 5.75 Å². The molecule has 1 amide bonds. The highest BCUT2D eigenvalue weighted by Crippen LogP contribution is 2.42. The van der Waals surface area contributed by atoms with Gasteiger partial charge in [-0.25, -0.2) is 0 Å². The van der Waals surface area contributed by atoms with E-state index in [1.807, 2.05) is 13.0 Å². The van der Waals surface area contributed by atoms with E-state index in [0.29, 0.717) is 35.1 Å². The molecule has 6 heteroatoms. The van der Waals surface area contributed by atoms with E-state index in [1.54, 1.807) is 67.6 Å². The van der Waals surface area contributed by atoms with Crippen molar-refractivity contribution in [2.45, 2.75) is 19.9 Å². The maximum atomic E-state index is 13.0. The Kier molecular flexibility index (Phi) is 5.14. The van der Waals surface area contributed by atoms with Crippen molar-refractivity contribution in [3.63, 3.8) is 0 Å². The number of furan rings is 1. The van der Waals surface area contributed by atoms with Crippen molar-refractivity contribution in [3.8, 4) is 5.75 Å². The smallest absolute Gasteiger partial charge is 0.300 e. The van der Waals surface area contributed by atoms with E-state index in [0.717, 1.165) is 0 Å². The molecule has 1 atom stereocenters. The highest BCUT2D eigenvalue weighted by atomic mass is 16.5. The molecule has 4 rings (SSSR count). The lowest BCUT2D eigenvalue weighted by molar-refractivity contribution is -0.132. The molecule has 2 heterocycles. The van der Waals surface area contributed by atoms with Gasteiger partial charge >= 0.3 is 0 Å². The topological polar surface area (TPSA) is 80.0 Å². The summed E-state index contributed by atoms with van der Waals surface area (Å²) in [6.07, 6.45) is 0. The van der Waals surface area contributed by atoms with E-state index in [-0.39, 0.29) is 11.3 Å². The van der Waals surface area contributed by atoms with E-state index in [1.165, 1.54) is 4.90 Å². The molecule has 0 aliphatic carbocycles. The summed E-state index contributed by atoms with van der Waals surface area (Å²) in [7, 11) is 0. The first-order valence-corrected chi connectivity index (χ1v) is 9.67. The van der Waals surface area contributed by atoms with E-state index in [2.05, 4.69) is 0 Å². The molecule has 1 fully saturated rings. The molecule has 0 radical (unpaired) electrons. The van der Waals surface area contributed by atoms with Crippen molar-refractivity contribution in [2.75, 3.05) is 11.5 Å². The fraction of sp³-hybridized carbons (Fsp3) is 0.167. The number of benzene rings is 2. The first kappa shape index (κ1) is 19.5. The van der Waals surface area contributed by atoms with Gasteiger partial charge in [-0.05, 0) is 50.2 Å². The average molecular weight is 403 g/mol. The Hall–Kier alpha value is -3.80. The van der Waals surface area contributed by atoms with Crippen LogP contribution in [-0.2, 0) is 9.59 Å². The molecule has 3 aromatic rings. The van der Waals surface area contributed by atoms with Gasteiger partial charge in [-0.2, -0.15) is 0 Å². The fourth-order valence-corrected chi connectivity index (χ4v) is 3.59. The molecule has 1 unspecified atom stereocenters. The molecule has 1 aliphatic rings. The summed E-state index contributed by atoms with van der Waals surface area (Å²) in [4.78, 5) is 27.4. The largest absolute Gasteiger partial charge is 0.507 e. The maximum absolute atomic E-state index is 13.0. The number of rotatable bonds is 5. The summed E-state index contributed by atoms with van der Waals surface area (Å²) in [6.45, 7) is 4.19. The van der Waals surface area contributed by atoms with Crippen molar-refractivity contribution >= 4 is 23.1 Å². The van der Waals surface area contributed by atoms with E-state index in [4.69, 9.17) is 9.15 Å². The van der Waals surface area contributed by atoms with Gasteiger partial charge < -0.3 is 14.3 Å². The number of carbonyl (C=O) groups excluding carboxylic acids is 2. The van der Waals surface area contributed by atoms with Gasteiger partial charge in [0.15, 0.2) is 0 Å². The van der Waals surface area contributed by atoms with Crippen LogP contribution in [0.15, 0.2) is 76.7 Å². The zero-order chi connectivity index (χ0) is 21.3. The van der Waals surface area contributed by atoms with E-state index < -0.39 is 17.7 Å². The van der Waals surface area contributed by atoms with Crippen LogP contribution in [0, 0.1) is 6.92 Å². The number of ketones is 1. The number of amides is 1. The van der Waals surface area contributed by atoms with Gasteiger partial charge in [-0.1, -0.05) is 30.3 Å². The quantitative estimate of drug-likeness (QED) is 0.382. The lowest BCUT2D eigenvalue weighted by atomic mass is 9.99. The zero-order valence-corrected chi connectivity index (χ0v) is 16.7. The minimum atomic E-state index is -0.878. The molecule has 1 N–H and O–H groups in total. The Morgan fingerprint density at radius 3 is 2.33 bits per heavy atom. The number of carbonyl (C=O) groups is 2. The van der Waals surface area contributed by atoms with Crippen LogP contribution >= 0.6 is 0 Å². The molecule has 152 valence electrons. The molecule has 0 saturated carbocycles. The summed E-state index contributed by atoms with van der Waals surface area (Å²) < 4.78 is 11.2. The monoisotopic (exact) mass is 403 g/mol. The van der Waals surface area contributed by atoms with Gasteiger partial charge in [0.05, 0.1) is 12.2 Å². The number of Topliss-reactive ketones (excluding diaryl/α,β-unsaturated/α-hetero) is 1. The fourth-order valence-electron chi connectivity index (χ4n) is 3.59. The summed E-state index contributed by atoms with van der Waals surface area (Å²) in [5.41, 5.74) is 0.955. The van der Waals surface area contributed by atoms with Gasteiger partial charge in [0.25, 0.3) is 11.7 Å². The summed E-state index contributed by atoms with van der Waals surface area (Å²) in [6, 6.07) is 18.2. The lowest BCUT2D eigenvalue weighted by Gasteiger charge is -2.23. The predicted octanol–water partition coefficient (Wildman–Crippen LogP) is 4.61. The first-order valence-electron chi connectivity index (χ1n) is 9.67. The van der Waals surface area contributed by atoms with Crippen molar-refractivity contribution in [3.05, 3.63) is 89.4 Å². The van der Waals surface area contributed by atoms with Gasteiger partial charge in [-0.15, -0.1) is 0 Å². The number of anilines is 1. The average Bonchev–Trinajstić information content (AvgIpc) is 3.30. The Morgan fingerprint density at radius 2 is 1.73 bits per heavy atom. The number of aryl methyl sites for hydroxylation is 1. The lowest BCUT2D eigenvalue weighted by Crippen LogP contribution is -2.29. The third-order valence-corrected chi connectivity index (χ3v) is 4.95. The van der Waals surface area contributed by atoms with Crippen LogP contribution in [0.1, 0.15) is 30.0 Å². The number of ether oxygens (including phenoxy) is 1. The van der Waals surface area contributed by atoms with Crippen LogP contribution in [0.3, 0.4) is 0 Å². The Bertz CT molecular complexity index is 1110. The number of hydrogen-bond acceptors (Lipinski definition) is 5. The van der Waals surface area contributed by atoms with Crippen molar-refractivity contribution < 1.29 is 23.8 Å². The summed E-state index contributed by atoms with van der Waals surface area (Å²) in [5.74, 6) is -0.0194. The third-order valence-electron chi connectivity index (χ3n) is 4.95. The standard InChI is InChI=1S/C24H21NO5/c1-3-29-18-12-10-17(11-13-18)25-21(19-14-9-15(2)30-19)20(23(27)24(25)28)22(26)16-7-5-4-6-8-16/h4-14,21,26H,3H2,1-2H3/b22-20-. The summed E-state index contributed by atoms with van der Waals surface area (Å²) >= 11 is 0. The Morgan fingerprint density at radius 1 is 1.03 bits per heavy atom. The molecule has 0 spiro atoms. The predicted molar refractivity (Wildman–Crippen MR) is 112 cm³/mol. The molecular formula is C24H21NO5. The highest BCUT2D eigenvalue weighted by molar-refractivity contribution is 6.51. The van der Waals surface area contributed by atoms with E-state index in [9.17, 15) is 14.7 Å². The van der Waals surface area contributed by atoms with Crippen molar-refractivity contribution in [1.29, 1.82) is 0 Å². The normalized spacial score (nSPS) is 18.1. The second-order valence-electron chi connectivity index (χ2n) is 6.91. The van der Waals surface area contributed by atoms with Crippen molar-refractivity contribution in [1.82, 2.24) is 0 Å². The molecule has 1 aliphatic heterocycles. The summed E-state index contributed by atoms with van der Waals surface area (Å²) in [5, 5.41) is 10.9. The Balaban J connectivity index is 1.87. The van der Waals surface area contributed by atoms with Gasteiger partial charge in [0.1, 0.15) is 29.1 Å². The van der Waals surface area contributed by atoms with E-state index >= 15 is 0 Å². The van der Waals surface area contributed by atoms with Crippen molar-refractivity contribution in [2.24, 2.45) is 0 Å². The number of nitrogens with zero attached hydrogens (tertiary/aromatic N) is 1. The Labute approximate surface area is 174 Å². The molecule has 30 heavy (non-hydrogen) atoms. The van der Waals surface area contributed by atoms with Gasteiger partial charge in [-0.3, -0.25) is 14.5 Å². The first-order chi connectivity index (χ1) is 14.5.